The Morgan fingerprint density at radius 3 is 2.33 bits per heavy atom. The van der Waals surface area contributed by atoms with E-state index in [-0.39, 0.29) is 6.42 Å². The molecule has 0 aliphatic heterocycles. The second-order valence-electron chi connectivity index (χ2n) is 4.68. The highest BCUT2D eigenvalue weighted by molar-refractivity contribution is 5.86. The maximum absolute atomic E-state index is 13.5. The standard InChI is InChI=1S/C16H17F2NO5/c1-23-15(21)8-4-7-13(16(22)24-2)19-14(20)9-10-11(17)5-3-6-12(10)18/h3-6,8,13H,7,9H2,1-2H3,(H,19,20)/b8-4+/t13-/m0/s1. The number of carbonyl (C=O) groups excluding carboxylic acids is 3. The Hall–Kier alpha value is -2.77. The molecule has 0 radical (unpaired) electrons. The molecular formula is C16H17F2NO5. The number of hydrogen-bond donors (Lipinski definition) is 1. The van der Waals surface area contributed by atoms with Crippen molar-refractivity contribution in [3.63, 3.8) is 0 Å². The van der Waals surface area contributed by atoms with Gasteiger partial charge in [0.25, 0.3) is 0 Å². The molecule has 0 fully saturated rings. The molecule has 1 atom stereocenters. The van der Waals surface area contributed by atoms with Crippen molar-refractivity contribution in [2.45, 2.75) is 18.9 Å². The average Bonchev–Trinajstić information content (AvgIpc) is 2.56. The minimum Gasteiger partial charge on any atom is -0.467 e. The first-order chi connectivity index (χ1) is 11.4. The molecule has 0 heterocycles. The number of amides is 1. The molecule has 1 rings (SSSR count). The summed E-state index contributed by atoms with van der Waals surface area (Å²) in [5.41, 5.74) is -0.399. The Bertz CT molecular complexity index is 625. The molecule has 0 aliphatic carbocycles. The van der Waals surface area contributed by atoms with Crippen molar-refractivity contribution in [3.8, 4) is 0 Å². The Morgan fingerprint density at radius 1 is 1.17 bits per heavy atom. The number of methoxy groups -OCH3 is 2. The normalized spacial score (nSPS) is 11.8. The van der Waals surface area contributed by atoms with Crippen LogP contribution >= 0.6 is 0 Å². The van der Waals surface area contributed by atoms with E-state index >= 15 is 0 Å². The van der Waals surface area contributed by atoms with Crippen LogP contribution < -0.4 is 5.32 Å². The quantitative estimate of drug-likeness (QED) is 0.597. The highest BCUT2D eigenvalue weighted by Crippen LogP contribution is 2.12. The summed E-state index contributed by atoms with van der Waals surface area (Å²) in [6, 6.07) is 2.14. The van der Waals surface area contributed by atoms with Gasteiger partial charge in [-0.1, -0.05) is 12.1 Å². The molecule has 0 bridgehead atoms. The number of rotatable bonds is 7. The number of esters is 2. The second-order valence-corrected chi connectivity index (χ2v) is 4.68. The molecule has 24 heavy (non-hydrogen) atoms. The summed E-state index contributed by atoms with van der Waals surface area (Å²) in [7, 11) is 2.32. The first-order valence-corrected chi connectivity index (χ1v) is 6.93. The zero-order valence-corrected chi connectivity index (χ0v) is 13.2. The first-order valence-electron chi connectivity index (χ1n) is 6.93. The van der Waals surface area contributed by atoms with Gasteiger partial charge in [0.1, 0.15) is 17.7 Å². The van der Waals surface area contributed by atoms with E-state index in [1.165, 1.54) is 19.3 Å². The SMILES string of the molecule is COC(=O)/C=C/C[C@H](NC(=O)Cc1c(F)cccc1F)C(=O)OC. The van der Waals surface area contributed by atoms with Crippen LogP contribution in [0.3, 0.4) is 0 Å². The van der Waals surface area contributed by atoms with Crippen LogP contribution in [0.5, 0.6) is 0 Å². The summed E-state index contributed by atoms with van der Waals surface area (Å²) in [5, 5.41) is 2.31. The topological polar surface area (TPSA) is 81.7 Å². The minimum absolute atomic E-state index is 0.0483. The Balaban J connectivity index is 2.75. The number of hydrogen-bond acceptors (Lipinski definition) is 5. The Kier molecular flexibility index (Phi) is 7.54. The molecule has 1 aromatic carbocycles. The fourth-order valence-electron chi connectivity index (χ4n) is 1.83. The third-order valence-corrected chi connectivity index (χ3v) is 3.05. The van der Waals surface area contributed by atoms with Gasteiger partial charge in [0, 0.05) is 11.6 Å². The van der Waals surface area contributed by atoms with E-state index in [1.54, 1.807) is 0 Å². The summed E-state index contributed by atoms with van der Waals surface area (Å²) in [5.74, 6) is -3.86. The summed E-state index contributed by atoms with van der Waals surface area (Å²) in [4.78, 5) is 34.6. The molecule has 0 saturated heterocycles. The molecule has 1 aromatic rings. The summed E-state index contributed by atoms with van der Waals surface area (Å²) in [6.45, 7) is 0. The highest BCUT2D eigenvalue weighted by atomic mass is 19.1. The smallest absolute Gasteiger partial charge is 0.330 e. The molecule has 1 amide bonds. The van der Waals surface area contributed by atoms with Gasteiger partial charge in [-0.25, -0.2) is 18.4 Å². The summed E-state index contributed by atoms with van der Waals surface area (Å²) < 4.78 is 36.0. The third kappa shape index (κ3) is 5.79. The lowest BCUT2D eigenvalue weighted by atomic mass is 10.1. The van der Waals surface area contributed by atoms with Crippen LogP contribution in [0.25, 0.3) is 0 Å². The lowest BCUT2D eigenvalue weighted by molar-refractivity contribution is -0.145. The van der Waals surface area contributed by atoms with Gasteiger partial charge in [-0.15, -0.1) is 0 Å². The number of halogens is 2. The molecule has 8 heteroatoms. The van der Waals surface area contributed by atoms with Crippen LogP contribution in [-0.2, 0) is 30.3 Å². The van der Waals surface area contributed by atoms with E-state index in [4.69, 9.17) is 0 Å². The number of ether oxygens (including phenoxy) is 2. The minimum atomic E-state index is -1.10. The molecule has 0 spiro atoms. The number of nitrogens with one attached hydrogen (secondary N) is 1. The van der Waals surface area contributed by atoms with Gasteiger partial charge in [0.05, 0.1) is 20.6 Å². The molecule has 0 aliphatic rings. The van der Waals surface area contributed by atoms with Crippen molar-refractivity contribution < 1.29 is 32.6 Å². The summed E-state index contributed by atoms with van der Waals surface area (Å²) in [6.07, 6.45) is 1.77. The average molecular weight is 341 g/mol. The second kappa shape index (κ2) is 9.39. The first kappa shape index (κ1) is 19.3. The van der Waals surface area contributed by atoms with Crippen molar-refractivity contribution in [1.29, 1.82) is 0 Å². The maximum Gasteiger partial charge on any atom is 0.330 e. The van der Waals surface area contributed by atoms with Gasteiger partial charge in [-0.3, -0.25) is 4.79 Å². The van der Waals surface area contributed by atoms with Crippen molar-refractivity contribution in [3.05, 3.63) is 47.5 Å². The van der Waals surface area contributed by atoms with Crippen molar-refractivity contribution >= 4 is 17.8 Å². The van der Waals surface area contributed by atoms with Crippen LogP contribution in [0.2, 0.25) is 0 Å². The van der Waals surface area contributed by atoms with E-state index in [1.807, 2.05) is 0 Å². The molecule has 6 nitrogen and oxygen atoms in total. The molecule has 1 N–H and O–H groups in total. The Morgan fingerprint density at radius 2 is 1.79 bits per heavy atom. The van der Waals surface area contributed by atoms with Gasteiger partial charge >= 0.3 is 11.9 Å². The maximum atomic E-state index is 13.5. The lowest BCUT2D eigenvalue weighted by Gasteiger charge is -2.15. The zero-order valence-electron chi connectivity index (χ0n) is 13.2. The van der Waals surface area contributed by atoms with E-state index in [2.05, 4.69) is 14.8 Å². The molecule has 0 unspecified atom stereocenters. The van der Waals surface area contributed by atoms with Crippen LogP contribution in [0.4, 0.5) is 8.78 Å². The predicted octanol–water partition coefficient (Wildman–Crippen LogP) is 1.28. The van der Waals surface area contributed by atoms with Gasteiger partial charge in [-0.05, 0) is 18.6 Å². The number of carbonyl (C=O) groups is 3. The van der Waals surface area contributed by atoms with E-state index in [9.17, 15) is 23.2 Å². The third-order valence-electron chi connectivity index (χ3n) is 3.05. The highest BCUT2D eigenvalue weighted by Gasteiger charge is 2.22. The van der Waals surface area contributed by atoms with Crippen molar-refractivity contribution in [2.24, 2.45) is 0 Å². The van der Waals surface area contributed by atoms with Crippen LogP contribution in [-0.4, -0.2) is 38.1 Å². The predicted molar refractivity (Wildman–Crippen MR) is 79.8 cm³/mol. The van der Waals surface area contributed by atoms with Crippen molar-refractivity contribution in [1.82, 2.24) is 5.32 Å². The monoisotopic (exact) mass is 341 g/mol. The number of benzene rings is 1. The molecular weight excluding hydrogens is 324 g/mol. The lowest BCUT2D eigenvalue weighted by Crippen LogP contribution is -2.42. The molecule has 0 aromatic heterocycles. The van der Waals surface area contributed by atoms with Crippen LogP contribution in [0, 0.1) is 11.6 Å². The Labute approximate surface area is 137 Å². The van der Waals surface area contributed by atoms with Crippen LogP contribution in [0.15, 0.2) is 30.4 Å². The van der Waals surface area contributed by atoms with Gasteiger partial charge in [0.15, 0.2) is 0 Å². The fraction of sp³-hybridized carbons (Fsp3) is 0.312. The van der Waals surface area contributed by atoms with Crippen LogP contribution in [0.1, 0.15) is 12.0 Å². The zero-order chi connectivity index (χ0) is 18.1. The molecule has 0 saturated carbocycles. The van der Waals surface area contributed by atoms with E-state index in [0.717, 1.165) is 25.3 Å². The van der Waals surface area contributed by atoms with Gasteiger partial charge < -0.3 is 14.8 Å². The fourth-order valence-corrected chi connectivity index (χ4v) is 1.83. The van der Waals surface area contributed by atoms with Gasteiger partial charge in [0.2, 0.25) is 5.91 Å². The molecule has 130 valence electrons. The largest absolute Gasteiger partial charge is 0.467 e. The summed E-state index contributed by atoms with van der Waals surface area (Å²) >= 11 is 0. The van der Waals surface area contributed by atoms with Gasteiger partial charge in [-0.2, -0.15) is 0 Å². The van der Waals surface area contributed by atoms with Crippen molar-refractivity contribution in [2.75, 3.05) is 14.2 Å². The van der Waals surface area contributed by atoms with E-state index < -0.39 is 47.5 Å². The van der Waals surface area contributed by atoms with E-state index in [0.29, 0.717) is 0 Å².